The molecule has 1 aliphatic rings. The fraction of sp³-hybridized carbons (Fsp3) is 0.312. The van der Waals surface area contributed by atoms with Crippen molar-refractivity contribution >= 4 is 0 Å². The van der Waals surface area contributed by atoms with Gasteiger partial charge in [0.2, 0.25) is 0 Å². The van der Waals surface area contributed by atoms with E-state index in [1.54, 1.807) is 12.1 Å². The Bertz CT molecular complexity index is 630. The summed E-state index contributed by atoms with van der Waals surface area (Å²) in [7, 11) is 0. The van der Waals surface area contributed by atoms with Crippen molar-refractivity contribution in [3.63, 3.8) is 0 Å². The molecule has 0 saturated carbocycles. The second-order valence-electron chi connectivity index (χ2n) is 5.75. The quantitative estimate of drug-likeness (QED) is 0.851. The standard InChI is InChI=1S/C16H17FN2/c1-10-14-9-16(2,18)8-12(14)7-15(19-10)11-3-5-13(17)6-4-11/h3-7H,8-9,18H2,1-2H3. The molecule has 0 saturated heterocycles. The molecule has 19 heavy (non-hydrogen) atoms. The molecule has 1 atom stereocenters. The van der Waals surface area contributed by atoms with Crippen molar-refractivity contribution in [3.05, 3.63) is 53.0 Å². The zero-order chi connectivity index (χ0) is 13.6. The van der Waals surface area contributed by atoms with Crippen LogP contribution in [0.5, 0.6) is 0 Å². The number of rotatable bonds is 1. The van der Waals surface area contributed by atoms with Gasteiger partial charge in [0, 0.05) is 16.8 Å². The Morgan fingerprint density at radius 1 is 1.21 bits per heavy atom. The molecule has 1 aliphatic carbocycles. The fourth-order valence-electron chi connectivity index (χ4n) is 2.83. The van der Waals surface area contributed by atoms with Gasteiger partial charge < -0.3 is 5.73 Å². The number of fused-ring (bicyclic) bond motifs is 1. The number of aromatic nitrogens is 1. The van der Waals surface area contributed by atoms with Crippen molar-refractivity contribution in [2.75, 3.05) is 0 Å². The van der Waals surface area contributed by atoms with Gasteiger partial charge in [-0.3, -0.25) is 4.98 Å². The molecule has 1 aromatic heterocycles. The molecule has 0 amide bonds. The zero-order valence-corrected chi connectivity index (χ0v) is 11.2. The molecule has 0 fully saturated rings. The van der Waals surface area contributed by atoms with E-state index >= 15 is 0 Å². The van der Waals surface area contributed by atoms with Gasteiger partial charge in [-0.15, -0.1) is 0 Å². The highest BCUT2D eigenvalue weighted by atomic mass is 19.1. The third kappa shape index (κ3) is 2.26. The predicted octanol–water partition coefficient (Wildman–Crippen LogP) is 3.01. The van der Waals surface area contributed by atoms with Crippen molar-refractivity contribution in [2.45, 2.75) is 32.2 Å². The summed E-state index contributed by atoms with van der Waals surface area (Å²) in [5.41, 5.74) is 11.5. The lowest BCUT2D eigenvalue weighted by atomic mass is 10.0. The lowest BCUT2D eigenvalue weighted by Gasteiger charge is -2.15. The minimum absolute atomic E-state index is 0.170. The summed E-state index contributed by atoms with van der Waals surface area (Å²) in [5.74, 6) is -0.226. The molecule has 3 rings (SSSR count). The molecular weight excluding hydrogens is 239 g/mol. The Balaban J connectivity index is 2.07. The number of halogens is 1. The maximum absolute atomic E-state index is 13.0. The first-order valence-electron chi connectivity index (χ1n) is 6.49. The number of hydrogen-bond acceptors (Lipinski definition) is 2. The van der Waals surface area contributed by atoms with Gasteiger partial charge in [0.15, 0.2) is 0 Å². The van der Waals surface area contributed by atoms with E-state index in [0.717, 1.165) is 29.8 Å². The van der Waals surface area contributed by atoms with Gasteiger partial charge in [0.1, 0.15) is 5.82 Å². The van der Waals surface area contributed by atoms with Gasteiger partial charge in [-0.25, -0.2) is 4.39 Å². The first-order valence-corrected chi connectivity index (χ1v) is 6.49. The van der Waals surface area contributed by atoms with Crippen LogP contribution in [0.25, 0.3) is 11.3 Å². The fourth-order valence-corrected chi connectivity index (χ4v) is 2.83. The summed E-state index contributed by atoms with van der Waals surface area (Å²) in [6.07, 6.45) is 1.75. The molecule has 2 nitrogen and oxygen atoms in total. The summed E-state index contributed by atoms with van der Waals surface area (Å²) >= 11 is 0. The number of benzene rings is 1. The van der Waals surface area contributed by atoms with E-state index in [1.807, 2.05) is 6.92 Å². The van der Waals surface area contributed by atoms with Crippen molar-refractivity contribution in [1.82, 2.24) is 4.98 Å². The second kappa shape index (κ2) is 4.14. The van der Waals surface area contributed by atoms with Crippen LogP contribution in [0, 0.1) is 12.7 Å². The van der Waals surface area contributed by atoms with Gasteiger partial charge in [-0.1, -0.05) is 0 Å². The molecule has 3 heteroatoms. The number of aryl methyl sites for hydroxylation is 1. The summed E-state index contributed by atoms with van der Waals surface area (Å²) in [5, 5.41) is 0. The SMILES string of the molecule is Cc1nc(-c2ccc(F)cc2)cc2c1CC(C)(N)C2. The van der Waals surface area contributed by atoms with E-state index < -0.39 is 0 Å². The van der Waals surface area contributed by atoms with Gasteiger partial charge >= 0.3 is 0 Å². The first kappa shape index (κ1) is 12.3. The van der Waals surface area contributed by atoms with E-state index in [1.165, 1.54) is 23.3 Å². The lowest BCUT2D eigenvalue weighted by molar-refractivity contribution is 0.498. The van der Waals surface area contributed by atoms with Crippen LogP contribution in [0.2, 0.25) is 0 Å². The smallest absolute Gasteiger partial charge is 0.123 e. The Hall–Kier alpha value is -1.74. The van der Waals surface area contributed by atoms with Crippen LogP contribution >= 0.6 is 0 Å². The maximum atomic E-state index is 13.0. The largest absolute Gasteiger partial charge is 0.325 e. The number of hydrogen-bond donors (Lipinski definition) is 1. The van der Waals surface area contributed by atoms with Crippen LogP contribution in [0.4, 0.5) is 4.39 Å². The minimum Gasteiger partial charge on any atom is -0.325 e. The number of nitrogens with two attached hydrogens (primary N) is 1. The number of nitrogens with zero attached hydrogens (tertiary/aromatic N) is 1. The molecule has 1 heterocycles. The minimum atomic E-state index is -0.226. The van der Waals surface area contributed by atoms with E-state index in [2.05, 4.69) is 18.0 Å². The predicted molar refractivity (Wildman–Crippen MR) is 74.4 cm³/mol. The summed E-state index contributed by atoms with van der Waals surface area (Å²) in [6, 6.07) is 8.55. The van der Waals surface area contributed by atoms with Crippen LogP contribution in [-0.2, 0) is 12.8 Å². The van der Waals surface area contributed by atoms with Gasteiger partial charge in [-0.05, 0) is 68.1 Å². The van der Waals surface area contributed by atoms with Crippen molar-refractivity contribution in [1.29, 1.82) is 0 Å². The van der Waals surface area contributed by atoms with E-state index in [-0.39, 0.29) is 11.4 Å². The molecule has 98 valence electrons. The average molecular weight is 256 g/mol. The normalized spacial score (nSPS) is 21.5. The summed E-state index contributed by atoms with van der Waals surface area (Å²) in [6.45, 7) is 4.09. The zero-order valence-electron chi connectivity index (χ0n) is 11.2. The molecule has 0 spiro atoms. The Morgan fingerprint density at radius 3 is 2.58 bits per heavy atom. The molecule has 2 N–H and O–H groups in total. The summed E-state index contributed by atoms with van der Waals surface area (Å²) in [4.78, 5) is 4.63. The topological polar surface area (TPSA) is 38.9 Å². The van der Waals surface area contributed by atoms with E-state index in [9.17, 15) is 4.39 Å². The molecule has 0 radical (unpaired) electrons. The van der Waals surface area contributed by atoms with Crippen LogP contribution < -0.4 is 5.73 Å². The lowest BCUT2D eigenvalue weighted by Crippen LogP contribution is -2.36. The van der Waals surface area contributed by atoms with Crippen LogP contribution in [-0.4, -0.2) is 10.5 Å². The van der Waals surface area contributed by atoms with Crippen molar-refractivity contribution in [3.8, 4) is 11.3 Å². The van der Waals surface area contributed by atoms with Gasteiger partial charge in [0.25, 0.3) is 0 Å². The third-order valence-corrected chi connectivity index (χ3v) is 3.74. The Labute approximate surface area is 112 Å². The highest BCUT2D eigenvalue weighted by Crippen LogP contribution is 2.32. The van der Waals surface area contributed by atoms with Crippen LogP contribution in [0.15, 0.2) is 30.3 Å². The third-order valence-electron chi connectivity index (χ3n) is 3.74. The Morgan fingerprint density at radius 2 is 1.89 bits per heavy atom. The van der Waals surface area contributed by atoms with E-state index in [0.29, 0.717) is 0 Å². The van der Waals surface area contributed by atoms with E-state index in [4.69, 9.17) is 5.73 Å². The monoisotopic (exact) mass is 256 g/mol. The molecule has 2 aromatic rings. The van der Waals surface area contributed by atoms with Crippen LogP contribution in [0.3, 0.4) is 0 Å². The molecule has 0 bridgehead atoms. The summed E-state index contributed by atoms with van der Waals surface area (Å²) < 4.78 is 13.0. The molecular formula is C16H17FN2. The molecule has 1 aromatic carbocycles. The Kier molecular flexibility index (Phi) is 2.68. The molecule has 1 unspecified atom stereocenters. The highest BCUT2D eigenvalue weighted by Gasteiger charge is 2.30. The molecule has 0 aliphatic heterocycles. The maximum Gasteiger partial charge on any atom is 0.123 e. The van der Waals surface area contributed by atoms with Gasteiger partial charge in [-0.2, -0.15) is 0 Å². The van der Waals surface area contributed by atoms with Crippen molar-refractivity contribution in [2.24, 2.45) is 5.73 Å². The first-order chi connectivity index (χ1) is 8.94. The second-order valence-corrected chi connectivity index (χ2v) is 5.75. The number of pyridine rings is 1. The average Bonchev–Trinajstić information content (AvgIpc) is 2.65. The van der Waals surface area contributed by atoms with Crippen molar-refractivity contribution < 1.29 is 4.39 Å². The highest BCUT2D eigenvalue weighted by molar-refractivity contribution is 5.62. The van der Waals surface area contributed by atoms with Gasteiger partial charge in [0.05, 0.1) is 5.69 Å². The van der Waals surface area contributed by atoms with Crippen LogP contribution in [0.1, 0.15) is 23.7 Å².